The molecule has 0 unspecified atom stereocenters. The van der Waals surface area contributed by atoms with Gasteiger partial charge >= 0.3 is 0 Å². The predicted molar refractivity (Wildman–Crippen MR) is 80.0 cm³/mol. The molecule has 1 aromatic heterocycles. The van der Waals surface area contributed by atoms with Gasteiger partial charge in [0.2, 0.25) is 0 Å². The lowest BCUT2D eigenvalue weighted by molar-refractivity contribution is 0.102. The van der Waals surface area contributed by atoms with E-state index in [2.05, 4.69) is 9.97 Å². The lowest BCUT2D eigenvalue weighted by Gasteiger charge is -2.02. The average Bonchev–Trinajstić information content (AvgIpc) is 2.45. The SMILES string of the molecule is CSc1ccc(C(=O)CSc2nccc(C)n2)cc1. The van der Waals surface area contributed by atoms with Crippen LogP contribution in [0.4, 0.5) is 0 Å². The molecule has 0 radical (unpaired) electrons. The molecule has 1 heterocycles. The molecule has 2 rings (SSSR count). The summed E-state index contributed by atoms with van der Waals surface area (Å²) in [5.41, 5.74) is 1.65. The van der Waals surface area contributed by atoms with Crippen LogP contribution in [-0.4, -0.2) is 27.8 Å². The Hall–Kier alpha value is -1.33. The van der Waals surface area contributed by atoms with Crippen molar-refractivity contribution >= 4 is 29.3 Å². The van der Waals surface area contributed by atoms with E-state index in [9.17, 15) is 4.79 Å². The summed E-state index contributed by atoms with van der Waals surface area (Å²) in [6, 6.07) is 9.50. The van der Waals surface area contributed by atoms with E-state index in [1.165, 1.54) is 11.8 Å². The Labute approximate surface area is 121 Å². The van der Waals surface area contributed by atoms with Gasteiger partial charge in [0.1, 0.15) is 0 Å². The Balaban J connectivity index is 1.97. The van der Waals surface area contributed by atoms with E-state index < -0.39 is 0 Å². The summed E-state index contributed by atoms with van der Waals surface area (Å²) in [4.78, 5) is 21.6. The second kappa shape index (κ2) is 6.73. The second-order valence-corrected chi connectivity index (χ2v) is 5.74. The molecule has 1 aromatic carbocycles. The predicted octanol–water partition coefficient (Wildman–Crippen LogP) is 3.48. The smallest absolute Gasteiger partial charge is 0.188 e. The fourth-order valence-electron chi connectivity index (χ4n) is 1.49. The first-order chi connectivity index (χ1) is 9.19. The highest BCUT2D eigenvalue weighted by Crippen LogP contribution is 2.18. The van der Waals surface area contributed by atoms with E-state index in [-0.39, 0.29) is 5.78 Å². The molecule has 0 aliphatic rings. The third kappa shape index (κ3) is 4.08. The minimum Gasteiger partial charge on any atom is -0.293 e. The number of ketones is 1. The van der Waals surface area contributed by atoms with Gasteiger partial charge in [0.15, 0.2) is 10.9 Å². The normalized spacial score (nSPS) is 10.4. The third-order valence-electron chi connectivity index (χ3n) is 2.52. The lowest BCUT2D eigenvalue weighted by Crippen LogP contribution is -2.03. The molecule has 5 heteroatoms. The van der Waals surface area contributed by atoms with Gasteiger partial charge in [-0.1, -0.05) is 23.9 Å². The van der Waals surface area contributed by atoms with Crippen LogP contribution in [0.1, 0.15) is 16.1 Å². The zero-order valence-electron chi connectivity index (χ0n) is 10.8. The van der Waals surface area contributed by atoms with Crippen molar-refractivity contribution in [3.8, 4) is 0 Å². The number of thioether (sulfide) groups is 2. The van der Waals surface area contributed by atoms with Gasteiger partial charge in [0.05, 0.1) is 5.75 Å². The van der Waals surface area contributed by atoms with Gasteiger partial charge in [-0.05, 0) is 31.4 Å². The van der Waals surface area contributed by atoms with Crippen LogP contribution in [-0.2, 0) is 0 Å². The third-order valence-corrected chi connectivity index (χ3v) is 4.12. The van der Waals surface area contributed by atoms with E-state index in [0.717, 1.165) is 16.2 Å². The van der Waals surface area contributed by atoms with Crippen LogP contribution >= 0.6 is 23.5 Å². The van der Waals surface area contributed by atoms with E-state index in [1.807, 2.05) is 43.5 Å². The summed E-state index contributed by atoms with van der Waals surface area (Å²) < 4.78 is 0. The highest BCUT2D eigenvalue weighted by molar-refractivity contribution is 7.99. The van der Waals surface area contributed by atoms with Crippen molar-refractivity contribution in [1.82, 2.24) is 9.97 Å². The largest absolute Gasteiger partial charge is 0.293 e. The number of hydrogen-bond donors (Lipinski definition) is 0. The Bertz CT molecular complexity index is 570. The Morgan fingerprint density at radius 2 is 1.95 bits per heavy atom. The summed E-state index contributed by atoms with van der Waals surface area (Å²) in [7, 11) is 0. The fourth-order valence-corrected chi connectivity index (χ4v) is 2.66. The van der Waals surface area contributed by atoms with Crippen molar-refractivity contribution in [2.24, 2.45) is 0 Å². The van der Waals surface area contributed by atoms with Gasteiger partial charge in [-0.2, -0.15) is 0 Å². The zero-order chi connectivity index (χ0) is 13.7. The van der Waals surface area contributed by atoms with Crippen LogP contribution in [0.25, 0.3) is 0 Å². The second-order valence-electron chi connectivity index (χ2n) is 3.92. The Kier molecular flexibility index (Phi) is 4.99. The van der Waals surface area contributed by atoms with E-state index >= 15 is 0 Å². The van der Waals surface area contributed by atoms with E-state index in [0.29, 0.717) is 10.9 Å². The first kappa shape index (κ1) is 14.1. The molecule has 0 saturated heterocycles. The minimum atomic E-state index is 0.0998. The molecule has 0 bridgehead atoms. The monoisotopic (exact) mass is 290 g/mol. The lowest BCUT2D eigenvalue weighted by atomic mass is 10.1. The quantitative estimate of drug-likeness (QED) is 0.479. The summed E-state index contributed by atoms with van der Waals surface area (Å²) in [6.45, 7) is 1.91. The van der Waals surface area contributed by atoms with Crippen molar-refractivity contribution in [1.29, 1.82) is 0 Å². The van der Waals surface area contributed by atoms with Crippen LogP contribution in [0.2, 0.25) is 0 Å². The number of benzene rings is 1. The zero-order valence-corrected chi connectivity index (χ0v) is 12.4. The summed E-state index contributed by atoms with van der Waals surface area (Å²) in [6.07, 6.45) is 3.73. The molecule has 0 aliphatic carbocycles. The summed E-state index contributed by atoms with van der Waals surface area (Å²) in [5, 5.41) is 0.647. The molecule has 98 valence electrons. The standard InChI is InChI=1S/C14H14N2OS2/c1-10-7-8-15-14(16-10)19-9-13(17)11-3-5-12(18-2)6-4-11/h3-8H,9H2,1-2H3. The number of hydrogen-bond acceptors (Lipinski definition) is 5. The van der Waals surface area contributed by atoms with Crippen molar-refractivity contribution in [3.05, 3.63) is 47.8 Å². The molecule has 2 aromatic rings. The van der Waals surface area contributed by atoms with Crippen molar-refractivity contribution in [3.63, 3.8) is 0 Å². The first-order valence-electron chi connectivity index (χ1n) is 5.79. The van der Waals surface area contributed by atoms with Crippen LogP contribution in [0, 0.1) is 6.92 Å². The Morgan fingerprint density at radius 1 is 1.21 bits per heavy atom. The number of carbonyl (C=O) groups excluding carboxylic acids is 1. The first-order valence-corrected chi connectivity index (χ1v) is 8.00. The van der Waals surface area contributed by atoms with Crippen molar-refractivity contribution in [2.75, 3.05) is 12.0 Å². The molecule has 0 atom stereocenters. The average molecular weight is 290 g/mol. The molecule has 0 N–H and O–H groups in total. The van der Waals surface area contributed by atoms with Gasteiger partial charge in [-0.15, -0.1) is 11.8 Å². The van der Waals surface area contributed by atoms with Crippen LogP contribution in [0.5, 0.6) is 0 Å². The Morgan fingerprint density at radius 3 is 2.58 bits per heavy atom. The van der Waals surface area contributed by atoms with Crippen LogP contribution in [0.15, 0.2) is 46.6 Å². The summed E-state index contributed by atoms with van der Waals surface area (Å²) in [5.74, 6) is 0.463. The highest BCUT2D eigenvalue weighted by atomic mass is 32.2. The van der Waals surface area contributed by atoms with Gasteiger partial charge < -0.3 is 0 Å². The molecular weight excluding hydrogens is 276 g/mol. The maximum Gasteiger partial charge on any atom is 0.188 e. The number of aryl methyl sites for hydroxylation is 1. The number of carbonyl (C=O) groups is 1. The van der Waals surface area contributed by atoms with Crippen molar-refractivity contribution in [2.45, 2.75) is 17.0 Å². The van der Waals surface area contributed by atoms with Crippen molar-refractivity contribution < 1.29 is 4.79 Å². The fraction of sp³-hybridized carbons (Fsp3) is 0.214. The van der Waals surface area contributed by atoms with Gasteiger partial charge in [0, 0.05) is 22.3 Å². The van der Waals surface area contributed by atoms with E-state index in [1.54, 1.807) is 18.0 Å². The molecule has 19 heavy (non-hydrogen) atoms. The van der Waals surface area contributed by atoms with E-state index in [4.69, 9.17) is 0 Å². The number of aromatic nitrogens is 2. The number of nitrogens with zero attached hydrogens (tertiary/aromatic N) is 2. The van der Waals surface area contributed by atoms with Gasteiger partial charge in [-0.25, -0.2) is 9.97 Å². The highest BCUT2D eigenvalue weighted by Gasteiger charge is 2.08. The van der Waals surface area contributed by atoms with Gasteiger partial charge in [0.25, 0.3) is 0 Å². The molecule has 0 amide bonds. The van der Waals surface area contributed by atoms with Crippen LogP contribution < -0.4 is 0 Å². The number of Topliss-reactive ketones (excluding diaryl/α,β-unsaturated/α-hetero) is 1. The maximum absolute atomic E-state index is 12.0. The molecule has 0 spiro atoms. The van der Waals surface area contributed by atoms with Gasteiger partial charge in [-0.3, -0.25) is 4.79 Å². The molecule has 0 saturated carbocycles. The molecule has 0 fully saturated rings. The topological polar surface area (TPSA) is 42.9 Å². The minimum absolute atomic E-state index is 0.0998. The van der Waals surface area contributed by atoms with Crippen LogP contribution in [0.3, 0.4) is 0 Å². The summed E-state index contributed by atoms with van der Waals surface area (Å²) >= 11 is 3.04. The maximum atomic E-state index is 12.0. The molecular formula is C14H14N2OS2. The molecule has 3 nitrogen and oxygen atoms in total. The molecule has 0 aliphatic heterocycles. The number of rotatable bonds is 5.